The third-order valence-corrected chi connectivity index (χ3v) is 1.91. The quantitative estimate of drug-likeness (QED) is 0.606. The molecule has 0 amide bonds. The van der Waals surface area contributed by atoms with Crippen molar-refractivity contribution in [3.8, 4) is 0 Å². The summed E-state index contributed by atoms with van der Waals surface area (Å²) in [5.41, 5.74) is -0.645. The predicted molar refractivity (Wildman–Crippen MR) is 53.2 cm³/mol. The third kappa shape index (κ3) is 2.90. The molecule has 0 saturated carbocycles. The number of halogens is 3. The van der Waals surface area contributed by atoms with E-state index in [9.17, 15) is 13.2 Å². The zero-order chi connectivity index (χ0) is 12.2. The fraction of sp³-hybridized carbons (Fsp3) is 0.100. The number of hydrogen-bond donors (Lipinski definition) is 0. The Morgan fingerprint density at radius 3 is 2.50 bits per heavy atom. The molecule has 0 aliphatic rings. The fourth-order valence-corrected chi connectivity index (χ4v) is 1.31. The molecule has 0 N–H and O–H groups in total. The summed E-state index contributed by atoms with van der Waals surface area (Å²) in [5.74, 6) is 0. The molecule has 0 spiro atoms. The first-order valence-electron chi connectivity index (χ1n) is 4.06. The van der Waals surface area contributed by atoms with Gasteiger partial charge in [0.1, 0.15) is 0 Å². The number of hydrogen-bond acceptors (Lipinski definition) is 2. The summed E-state index contributed by atoms with van der Waals surface area (Å²) in [4.78, 5) is 3.64. The van der Waals surface area contributed by atoms with Gasteiger partial charge in [0.15, 0.2) is 0 Å². The van der Waals surface area contributed by atoms with Crippen LogP contribution in [0.4, 0.5) is 13.2 Å². The van der Waals surface area contributed by atoms with Crippen LogP contribution in [-0.4, -0.2) is 4.98 Å². The van der Waals surface area contributed by atoms with Crippen molar-refractivity contribution in [3.05, 3.63) is 42.2 Å². The number of rotatable bonds is 0. The zero-order valence-electron chi connectivity index (χ0n) is 7.73. The van der Waals surface area contributed by atoms with E-state index in [0.717, 1.165) is 6.07 Å². The van der Waals surface area contributed by atoms with Crippen LogP contribution in [0, 0.1) is 6.20 Å². The van der Waals surface area contributed by atoms with Crippen molar-refractivity contribution in [1.29, 1.82) is 0 Å². The first-order chi connectivity index (χ1) is 7.59. The molecule has 0 aliphatic heterocycles. The Morgan fingerprint density at radius 1 is 1.19 bits per heavy atom. The van der Waals surface area contributed by atoms with Crippen LogP contribution in [0.15, 0.2) is 30.5 Å². The van der Waals surface area contributed by atoms with E-state index in [-0.39, 0.29) is 5.39 Å². The predicted octanol–water partition coefficient (Wildman–Crippen LogP) is 3.70. The van der Waals surface area contributed by atoms with Crippen molar-refractivity contribution in [3.63, 3.8) is 0 Å². The van der Waals surface area contributed by atoms with Crippen LogP contribution in [0.2, 0.25) is 0 Å². The molecule has 2 rings (SSSR count). The molecule has 0 radical (unpaired) electrons. The van der Waals surface area contributed by atoms with Gasteiger partial charge in [-0.05, 0) is 6.20 Å². The Balaban J connectivity index is 0.000000606. The second-order valence-electron chi connectivity index (χ2n) is 2.82. The third-order valence-electron chi connectivity index (χ3n) is 1.91. The van der Waals surface area contributed by atoms with Crippen LogP contribution in [0.3, 0.4) is 0 Å². The molecule has 1 heterocycles. The topological polar surface area (TPSA) is 12.9 Å². The molecule has 1 nitrogen and oxygen atoms in total. The molecule has 86 valence electrons. The van der Waals surface area contributed by atoms with E-state index in [2.05, 4.69) is 21.2 Å². The van der Waals surface area contributed by atoms with Gasteiger partial charge < -0.3 is 4.98 Å². The molecule has 0 saturated heterocycles. The maximum absolute atomic E-state index is 12.5. The fourth-order valence-electron chi connectivity index (χ4n) is 1.31. The summed E-state index contributed by atoms with van der Waals surface area (Å²) in [6.07, 6.45) is -0.508. The number of alkyl halides is 3. The Morgan fingerprint density at radius 2 is 1.88 bits per heavy atom. The van der Waals surface area contributed by atoms with Gasteiger partial charge in [-0.25, -0.2) is 0 Å². The van der Waals surface area contributed by atoms with Crippen molar-refractivity contribution in [2.75, 3.05) is 0 Å². The van der Waals surface area contributed by atoms with Crippen molar-refractivity contribution in [2.24, 2.45) is 0 Å². The molecule has 2 aromatic rings. The second kappa shape index (κ2) is 5.56. The molecular formula is C10H5F3NOsS-. The van der Waals surface area contributed by atoms with E-state index >= 15 is 0 Å². The summed E-state index contributed by atoms with van der Waals surface area (Å²) in [6, 6.07) is 5.30. The molecule has 0 aliphatic carbocycles. The first-order valence-corrected chi connectivity index (χ1v) is 7.46. The van der Waals surface area contributed by atoms with Crippen molar-refractivity contribution < 1.29 is 30.0 Å². The van der Waals surface area contributed by atoms with E-state index in [4.69, 9.17) is 0 Å². The molecule has 1 aromatic carbocycles. The van der Waals surface area contributed by atoms with Gasteiger partial charge in [0.05, 0.1) is 0 Å². The summed E-state index contributed by atoms with van der Waals surface area (Å²) in [6.45, 7) is 0. The van der Waals surface area contributed by atoms with E-state index < -0.39 is 11.7 Å². The number of nitrogens with zero attached hydrogens (tertiary/aromatic N) is 1. The summed E-state index contributed by atoms with van der Waals surface area (Å²) >= 11 is 1.44. The first kappa shape index (κ1) is 13.3. The van der Waals surface area contributed by atoms with Gasteiger partial charge >= 0.3 is 33.1 Å². The van der Waals surface area contributed by atoms with E-state index in [0.29, 0.717) is 5.39 Å². The number of benzene rings is 1. The Labute approximate surface area is 104 Å². The van der Waals surface area contributed by atoms with Gasteiger partial charge in [-0.15, -0.1) is 23.6 Å². The average Bonchev–Trinajstić information content (AvgIpc) is 2.30. The molecule has 0 unspecified atom stereocenters. The summed E-state index contributed by atoms with van der Waals surface area (Å²) in [5, 5.41) is 0.511. The van der Waals surface area contributed by atoms with E-state index in [1.807, 2.05) is 0 Å². The molecule has 0 fully saturated rings. The zero-order valence-corrected chi connectivity index (χ0v) is 11.1. The normalized spacial score (nSPS) is 10.8. The molecule has 1 aromatic heterocycles. The van der Waals surface area contributed by atoms with Crippen molar-refractivity contribution in [2.45, 2.75) is 6.18 Å². The van der Waals surface area contributed by atoms with Crippen molar-refractivity contribution >= 4 is 20.8 Å². The van der Waals surface area contributed by atoms with Gasteiger partial charge in [0.2, 0.25) is 0 Å². The van der Waals surface area contributed by atoms with Gasteiger partial charge in [-0.2, -0.15) is 13.2 Å². The van der Waals surface area contributed by atoms with Crippen LogP contribution in [0.25, 0.3) is 10.8 Å². The van der Waals surface area contributed by atoms with Crippen molar-refractivity contribution in [1.82, 2.24) is 4.98 Å². The van der Waals surface area contributed by atoms with Crippen LogP contribution in [0.1, 0.15) is 5.56 Å². The molecule has 6 heteroatoms. The Kier molecular flexibility index (Phi) is 4.64. The van der Waals surface area contributed by atoms with Crippen LogP contribution < -0.4 is 0 Å². The SMILES string of the molecule is FC(F)(F)c1cccc2[c-]nccc12.[S]=[Os]. The van der Waals surface area contributed by atoms with Gasteiger partial charge in [0, 0.05) is 5.56 Å². The number of fused-ring (bicyclic) bond motifs is 1. The molecule has 16 heavy (non-hydrogen) atoms. The minimum absolute atomic E-state index is 0.134. The number of aromatic nitrogens is 1. The molecule has 0 bridgehead atoms. The monoisotopic (exact) mass is 420 g/mol. The van der Waals surface area contributed by atoms with E-state index in [1.165, 1.54) is 35.2 Å². The van der Waals surface area contributed by atoms with Gasteiger partial charge in [-0.1, -0.05) is 17.6 Å². The van der Waals surface area contributed by atoms with E-state index in [1.54, 1.807) is 6.07 Å². The van der Waals surface area contributed by atoms with Gasteiger partial charge in [0.25, 0.3) is 0 Å². The second-order valence-corrected chi connectivity index (χ2v) is 2.82. The Hall–Kier alpha value is -0.724. The number of pyridine rings is 1. The summed E-state index contributed by atoms with van der Waals surface area (Å²) < 4.78 is 37.5. The van der Waals surface area contributed by atoms with Crippen LogP contribution >= 0.6 is 10.1 Å². The van der Waals surface area contributed by atoms with Crippen LogP contribution in [-0.2, 0) is 23.0 Å². The van der Waals surface area contributed by atoms with Crippen LogP contribution in [0.5, 0.6) is 0 Å². The minimum atomic E-state index is -4.32. The maximum atomic E-state index is 12.5. The summed E-state index contributed by atoms with van der Waals surface area (Å²) in [7, 11) is 4.11. The van der Waals surface area contributed by atoms with Gasteiger partial charge in [-0.3, -0.25) is 0 Å². The standard InChI is InChI=1S/C10H5F3N.Os.S/c11-10(12,13)9-3-1-2-7-6-14-5-4-8(7)9;;/h1-5H;;/q-1;;. The Bertz CT molecular complexity index is 481. The molecular weight excluding hydrogens is 413 g/mol. The average molecular weight is 418 g/mol. The molecule has 0 atom stereocenters.